The second-order valence-electron chi connectivity index (χ2n) is 4.36. The van der Waals surface area contributed by atoms with Crippen molar-refractivity contribution in [1.29, 1.82) is 0 Å². The first-order chi connectivity index (χ1) is 7.98. The minimum atomic E-state index is -3.36. The molecule has 1 unspecified atom stereocenters. The van der Waals surface area contributed by atoms with Gasteiger partial charge in [0.1, 0.15) is 0 Å². The highest BCUT2D eigenvalue weighted by atomic mass is 32.2. The van der Waals surface area contributed by atoms with Gasteiger partial charge in [0, 0.05) is 33.3 Å². The zero-order chi connectivity index (χ0) is 12.9. The lowest BCUT2D eigenvalue weighted by Crippen LogP contribution is -2.44. The smallest absolute Gasteiger partial charge is 0.281 e. The predicted octanol–water partition coefficient (Wildman–Crippen LogP) is -0.377. The van der Waals surface area contributed by atoms with E-state index in [1.807, 2.05) is 6.92 Å². The lowest BCUT2D eigenvalue weighted by atomic mass is 10.4. The Labute approximate surface area is 104 Å². The fourth-order valence-electron chi connectivity index (χ4n) is 1.79. The van der Waals surface area contributed by atoms with E-state index < -0.39 is 10.2 Å². The van der Waals surface area contributed by atoms with Crippen molar-refractivity contribution in [1.82, 2.24) is 8.61 Å². The van der Waals surface area contributed by atoms with Gasteiger partial charge in [0.15, 0.2) is 0 Å². The second-order valence-corrected chi connectivity index (χ2v) is 6.40. The maximum Gasteiger partial charge on any atom is 0.281 e. The van der Waals surface area contributed by atoms with Crippen LogP contribution in [0.2, 0.25) is 0 Å². The molecular weight excluding hydrogens is 242 g/mol. The SMILES string of the molecule is CC1CN(S(=O)(=O)N(C)CCCN)CCCO1. The molecule has 0 bridgehead atoms. The number of nitrogens with zero attached hydrogens (tertiary/aromatic N) is 2. The van der Waals surface area contributed by atoms with Gasteiger partial charge in [-0.2, -0.15) is 17.0 Å². The number of rotatable bonds is 5. The van der Waals surface area contributed by atoms with E-state index in [1.54, 1.807) is 7.05 Å². The van der Waals surface area contributed by atoms with E-state index >= 15 is 0 Å². The van der Waals surface area contributed by atoms with Crippen LogP contribution in [0, 0.1) is 0 Å². The van der Waals surface area contributed by atoms with Crippen LogP contribution >= 0.6 is 0 Å². The van der Waals surface area contributed by atoms with Crippen molar-refractivity contribution in [2.75, 3.05) is 39.8 Å². The first-order valence-corrected chi connectivity index (χ1v) is 7.41. The molecule has 0 spiro atoms. The van der Waals surface area contributed by atoms with Gasteiger partial charge in [0.25, 0.3) is 10.2 Å². The van der Waals surface area contributed by atoms with Crippen molar-refractivity contribution >= 4 is 10.2 Å². The Morgan fingerprint density at radius 1 is 1.53 bits per heavy atom. The fraction of sp³-hybridized carbons (Fsp3) is 1.00. The van der Waals surface area contributed by atoms with Crippen molar-refractivity contribution < 1.29 is 13.2 Å². The molecule has 0 saturated carbocycles. The normalized spacial score (nSPS) is 23.9. The molecule has 1 fully saturated rings. The average molecular weight is 265 g/mol. The van der Waals surface area contributed by atoms with Gasteiger partial charge in [-0.05, 0) is 26.3 Å². The molecule has 1 saturated heterocycles. The van der Waals surface area contributed by atoms with Crippen LogP contribution in [0.15, 0.2) is 0 Å². The Kier molecular flexibility index (Phi) is 5.81. The minimum absolute atomic E-state index is 0.0461. The predicted molar refractivity (Wildman–Crippen MR) is 66.8 cm³/mol. The summed E-state index contributed by atoms with van der Waals surface area (Å²) in [7, 11) is -1.76. The molecule has 0 amide bonds. The zero-order valence-electron chi connectivity index (χ0n) is 10.6. The molecule has 7 heteroatoms. The van der Waals surface area contributed by atoms with E-state index in [-0.39, 0.29) is 6.10 Å². The zero-order valence-corrected chi connectivity index (χ0v) is 11.4. The fourth-order valence-corrected chi connectivity index (χ4v) is 3.30. The Balaban J connectivity index is 2.67. The lowest BCUT2D eigenvalue weighted by molar-refractivity contribution is 0.0747. The molecule has 1 aliphatic heterocycles. The highest BCUT2D eigenvalue weighted by Gasteiger charge is 2.29. The molecule has 0 aromatic heterocycles. The Bertz CT molecular complexity index is 321. The summed E-state index contributed by atoms with van der Waals surface area (Å²) in [4.78, 5) is 0. The van der Waals surface area contributed by atoms with Crippen LogP contribution in [-0.4, -0.2) is 63.0 Å². The van der Waals surface area contributed by atoms with Gasteiger partial charge >= 0.3 is 0 Å². The summed E-state index contributed by atoms with van der Waals surface area (Å²) in [6, 6.07) is 0. The van der Waals surface area contributed by atoms with E-state index in [0.29, 0.717) is 39.2 Å². The Morgan fingerprint density at radius 3 is 2.88 bits per heavy atom. The summed E-state index contributed by atoms with van der Waals surface area (Å²) in [5.41, 5.74) is 5.39. The minimum Gasteiger partial charge on any atom is -0.377 e. The molecule has 1 aliphatic rings. The van der Waals surface area contributed by atoms with Crippen LogP contribution < -0.4 is 5.73 Å². The second kappa shape index (κ2) is 6.65. The van der Waals surface area contributed by atoms with E-state index in [2.05, 4.69) is 0 Å². The van der Waals surface area contributed by atoms with Crippen molar-refractivity contribution in [3.63, 3.8) is 0 Å². The van der Waals surface area contributed by atoms with Gasteiger partial charge in [-0.3, -0.25) is 0 Å². The van der Waals surface area contributed by atoms with Gasteiger partial charge in [0.05, 0.1) is 6.10 Å². The molecule has 0 aliphatic carbocycles. The lowest BCUT2D eigenvalue weighted by Gasteiger charge is -2.27. The van der Waals surface area contributed by atoms with Gasteiger partial charge in [-0.1, -0.05) is 0 Å². The maximum atomic E-state index is 12.2. The average Bonchev–Trinajstić information content (AvgIpc) is 2.50. The molecule has 1 rings (SSSR count). The van der Waals surface area contributed by atoms with Crippen molar-refractivity contribution in [3.05, 3.63) is 0 Å². The molecule has 6 nitrogen and oxygen atoms in total. The Hall–Kier alpha value is -0.210. The third-order valence-corrected chi connectivity index (χ3v) is 4.77. The Morgan fingerprint density at radius 2 is 2.24 bits per heavy atom. The summed E-state index contributed by atoms with van der Waals surface area (Å²) in [5, 5.41) is 0. The first-order valence-electron chi connectivity index (χ1n) is 6.01. The van der Waals surface area contributed by atoms with Crippen LogP contribution in [0.5, 0.6) is 0 Å². The van der Waals surface area contributed by atoms with Crippen molar-refractivity contribution in [2.45, 2.75) is 25.9 Å². The van der Waals surface area contributed by atoms with E-state index in [9.17, 15) is 8.42 Å². The van der Waals surface area contributed by atoms with Crippen LogP contribution in [0.25, 0.3) is 0 Å². The van der Waals surface area contributed by atoms with Crippen LogP contribution in [0.4, 0.5) is 0 Å². The quantitative estimate of drug-likeness (QED) is 0.735. The summed E-state index contributed by atoms with van der Waals surface area (Å²) < 4.78 is 32.8. The van der Waals surface area contributed by atoms with Gasteiger partial charge in [-0.15, -0.1) is 0 Å². The molecule has 2 N–H and O–H groups in total. The molecule has 1 atom stereocenters. The number of hydrogen-bond donors (Lipinski definition) is 1. The maximum absolute atomic E-state index is 12.2. The first kappa shape index (κ1) is 14.8. The molecule has 17 heavy (non-hydrogen) atoms. The van der Waals surface area contributed by atoms with Crippen molar-refractivity contribution in [2.24, 2.45) is 5.73 Å². The third-order valence-electron chi connectivity index (χ3n) is 2.81. The van der Waals surface area contributed by atoms with Crippen LogP contribution in [0.3, 0.4) is 0 Å². The molecule has 0 aromatic rings. The summed E-state index contributed by atoms with van der Waals surface area (Å²) in [6.45, 7) is 4.44. The van der Waals surface area contributed by atoms with E-state index in [4.69, 9.17) is 10.5 Å². The number of hydrogen-bond acceptors (Lipinski definition) is 4. The van der Waals surface area contributed by atoms with E-state index in [1.165, 1.54) is 8.61 Å². The molecular formula is C10H23N3O3S. The van der Waals surface area contributed by atoms with Gasteiger partial charge < -0.3 is 10.5 Å². The topological polar surface area (TPSA) is 75.9 Å². The van der Waals surface area contributed by atoms with Crippen molar-refractivity contribution in [3.8, 4) is 0 Å². The standard InChI is InChI=1S/C10H23N3O3S/c1-10-9-13(7-4-8-16-10)17(14,15)12(2)6-3-5-11/h10H,3-9,11H2,1-2H3. The summed E-state index contributed by atoms with van der Waals surface area (Å²) in [5.74, 6) is 0. The number of nitrogens with two attached hydrogens (primary N) is 1. The van der Waals surface area contributed by atoms with Crippen LogP contribution in [0.1, 0.15) is 19.8 Å². The number of ether oxygens (including phenoxy) is 1. The summed E-state index contributed by atoms with van der Waals surface area (Å²) in [6.07, 6.45) is 1.37. The molecule has 0 radical (unpaired) electrons. The van der Waals surface area contributed by atoms with Gasteiger partial charge in [0.2, 0.25) is 0 Å². The monoisotopic (exact) mass is 265 g/mol. The van der Waals surface area contributed by atoms with Crippen LogP contribution in [-0.2, 0) is 14.9 Å². The highest BCUT2D eigenvalue weighted by molar-refractivity contribution is 7.86. The molecule has 102 valence electrons. The summed E-state index contributed by atoms with van der Waals surface area (Å²) >= 11 is 0. The third kappa shape index (κ3) is 4.18. The largest absolute Gasteiger partial charge is 0.377 e. The van der Waals surface area contributed by atoms with E-state index in [0.717, 1.165) is 6.42 Å². The highest BCUT2D eigenvalue weighted by Crippen LogP contribution is 2.13. The molecule has 1 heterocycles. The van der Waals surface area contributed by atoms with Gasteiger partial charge in [-0.25, -0.2) is 0 Å². The molecule has 0 aromatic carbocycles.